The number of thioether (sulfide) groups is 1. The predicted octanol–water partition coefficient (Wildman–Crippen LogP) is 6.69. The molecule has 0 bridgehead atoms. The number of nitrogens with zero attached hydrogens (tertiary/aromatic N) is 2. The summed E-state index contributed by atoms with van der Waals surface area (Å²) >= 11 is 1.93. The minimum atomic E-state index is -5.04. The molecule has 2 unspecified atom stereocenters. The molecule has 0 radical (unpaired) electrons. The molecule has 0 aromatic heterocycles. The van der Waals surface area contributed by atoms with Gasteiger partial charge in [-0.1, -0.05) is 48.4 Å². The molecule has 43 heavy (non-hydrogen) atoms. The van der Waals surface area contributed by atoms with Crippen molar-refractivity contribution < 1.29 is 31.1 Å². The number of halogens is 6. The zero-order valence-electron chi connectivity index (χ0n) is 23.3. The normalized spacial score (nSPS) is 19.7. The van der Waals surface area contributed by atoms with Gasteiger partial charge in [-0.15, -0.1) is 0 Å². The zero-order valence-corrected chi connectivity index (χ0v) is 24.1. The highest BCUT2D eigenvalue weighted by atomic mass is 32.2. The third kappa shape index (κ3) is 7.78. The van der Waals surface area contributed by atoms with Gasteiger partial charge in [0, 0.05) is 61.8 Å². The van der Waals surface area contributed by atoms with Gasteiger partial charge < -0.3 is 15.1 Å². The fraction of sp³-hybridized carbons (Fsp3) is 0.406. The van der Waals surface area contributed by atoms with E-state index in [1.54, 1.807) is 0 Å². The van der Waals surface area contributed by atoms with Crippen LogP contribution in [0.15, 0.2) is 60.7 Å². The quantitative estimate of drug-likeness (QED) is 0.255. The highest BCUT2D eigenvalue weighted by Crippen LogP contribution is 2.37. The monoisotopic (exact) mass is 619 g/mol. The summed E-state index contributed by atoms with van der Waals surface area (Å²) in [6, 6.07) is 17.2. The fourth-order valence-corrected chi connectivity index (χ4v) is 6.69. The first-order valence-corrected chi connectivity index (χ1v) is 15.2. The second-order valence-corrected chi connectivity index (χ2v) is 12.2. The van der Waals surface area contributed by atoms with Gasteiger partial charge in [0.05, 0.1) is 17.2 Å². The maximum Gasteiger partial charge on any atom is 0.416 e. The van der Waals surface area contributed by atoms with Gasteiger partial charge in [-0.05, 0) is 47.4 Å². The molecule has 0 spiro atoms. The second-order valence-electron chi connectivity index (χ2n) is 10.8. The van der Waals surface area contributed by atoms with E-state index in [2.05, 4.69) is 17.3 Å². The maximum atomic E-state index is 13.7. The Balaban J connectivity index is 1.42. The number of carbonyl (C=O) groups is 1. The molecule has 0 aliphatic carbocycles. The van der Waals surface area contributed by atoms with Crippen molar-refractivity contribution in [2.45, 2.75) is 42.9 Å². The van der Waals surface area contributed by atoms with Crippen LogP contribution >= 0.6 is 11.8 Å². The molecule has 2 heterocycles. The Hall–Kier alpha value is -3.36. The van der Waals surface area contributed by atoms with Crippen LogP contribution in [0.3, 0.4) is 0 Å². The van der Waals surface area contributed by atoms with E-state index in [4.69, 9.17) is 0 Å². The molecule has 2 fully saturated rings. The van der Waals surface area contributed by atoms with Crippen LogP contribution in [0.1, 0.15) is 39.9 Å². The van der Waals surface area contributed by atoms with Gasteiger partial charge in [0.25, 0.3) is 5.91 Å². The molecule has 1 amide bonds. The molecule has 5 rings (SSSR count). The summed E-state index contributed by atoms with van der Waals surface area (Å²) in [5, 5.41) is 5.85. The van der Waals surface area contributed by atoms with Crippen molar-refractivity contribution >= 4 is 28.4 Å². The average molecular weight is 620 g/mol. The topological polar surface area (TPSA) is 35.6 Å². The number of fused-ring (bicyclic) bond motifs is 1. The number of amides is 1. The minimum absolute atomic E-state index is 0.0415. The molecule has 2 atom stereocenters. The van der Waals surface area contributed by atoms with E-state index in [0.29, 0.717) is 43.3 Å². The summed E-state index contributed by atoms with van der Waals surface area (Å²) in [7, 11) is 0. The molecule has 3 aromatic carbocycles. The Labute approximate surface area is 250 Å². The predicted molar refractivity (Wildman–Crippen MR) is 157 cm³/mol. The summed E-state index contributed by atoms with van der Waals surface area (Å²) in [5.41, 5.74) is -2.72. The van der Waals surface area contributed by atoms with Gasteiger partial charge in [-0.25, -0.2) is 0 Å². The van der Waals surface area contributed by atoms with Gasteiger partial charge in [0.2, 0.25) is 0 Å². The number of hydrogen-bond donors (Lipinski definition) is 1. The van der Waals surface area contributed by atoms with Crippen LogP contribution in [-0.4, -0.2) is 65.5 Å². The first-order chi connectivity index (χ1) is 20.5. The summed E-state index contributed by atoms with van der Waals surface area (Å²) in [5.74, 6) is 3.43. The number of alkyl halides is 6. The van der Waals surface area contributed by atoms with Gasteiger partial charge in [0.1, 0.15) is 0 Å². The molecule has 1 N–H and O–H groups in total. The molecular weight excluding hydrogens is 588 g/mol. The van der Waals surface area contributed by atoms with Gasteiger partial charge in [0.15, 0.2) is 0 Å². The molecule has 2 aliphatic rings. The summed E-state index contributed by atoms with van der Waals surface area (Å²) in [4.78, 5) is 17.0. The molecule has 11 heteroatoms. The first kappa shape index (κ1) is 31.1. The number of carbonyl (C=O) groups excluding carboxylic acids is 1. The van der Waals surface area contributed by atoms with E-state index in [-0.39, 0.29) is 12.6 Å². The first-order valence-electron chi connectivity index (χ1n) is 14.1. The minimum Gasteiger partial charge on any atom is -0.332 e. The lowest BCUT2D eigenvalue weighted by molar-refractivity contribution is -0.143. The Morgan fingerprint density at radius 3 is 2.37 bits per heavy atom. The number of hydrogen-bond acceptors (Lipinski definition) is 4. The van der Waals surface area contributed by atoms with E-state index in [9.17, 15) is 31.1 Å². The Kier molecular flexibility index (Phi) is 9.47. The van der Waals surface area contributed by atoms with Gasteiger partial charge in [-0.3, -0.25) is 4.79 Å². The smallest absolute Gasteiger partial charge is 0.332 e. The van der Waals surface area contributed by atoms with Gasteiger partial charge >= 0.3 is 12.4 Å². The number of benzene rings is 3. The summed E-state index contributed by atoms with van der Waals surface area (Å²) in [6.07, 6.45) is -8.07. The highest BCUT2D eigenvalue weighted by Gasteiger charge is 2.39. The Morgan fingerprint density at radius 2 is 1.67 bits per heavy atom. The lowest BCUT2D eigenvalue weighted by Gasteiger charge is -2.40. The van der Waals surface area contributed by atoms with Crippen molar-refractivity contribution in [2.75, 3.05) is 38.5 Å². The van der Waals surface area contributed by atoms with Crippen molar-refractivity contribution in [3.8, 4) is 12.0 Å². The van der Waals surface area contributed by atoms with Crippen molar-refractivity contribution in [2.24, 2.45) is 0 Å². The van der Waals surface area contributed by atoms with Crippen LogP contribution < -0.4 is 5.32 Å². The number of rotatable bonds is 5. The molecule has 4 nitrogen and oxygen atoms in total. The SMILES string of the molecule is O=C(c1cc(C(F)(F)F)cc(C(F)(F)F)c1)N1CCN(C#CCCC2CNCCS2)CC1Cc1cccc2ccccc12. The van der Waals surface area contributed by atoms with Crippen molar-refractivity contribution in [3.05, 3.63) is 82.9 Å². The zero-order chi connectivity index (χ0) is 30.6. The summed E-state index contributed by atoms with van der Waals surface area (Å²) < 4.78 is 81.3. The van der Waals surface area contributed by atoms with Crippen LogP contribution in [0.25, 0.3) is 10.8 Å². The molecule has 2 saturated heterocycles. The van der Waals surface area contributed by atoms with E-state index in [1.807, 2.05) is 59.1 Å². The van der Waals surface area contributed by atoms with E-state index in [1.165, 1.54) is 4.90 Å². The fourth-order valence-electron chi connectivity index (χ4n) is 5.57. The Bertz CT molecular complexity index is 1470. The van der Waals surface area contributed by atoms with Crippen molar-refractivity contribution in [1.82, 2.24) is 15.1 Å². The van der Waals surface area contributed by atoms with E-state index < -0.39 is 41.0 Å². The van der Waals surface area contributed by atoms with Crippen LogP contribution in [0.2, 0.25) is 0 Å². The molecule has 228 valence electrons. The molecular formula is C32H31F6N3OS. The van der Waals surface area contributed by atoms with Gasteiger partial charge in [-0.2, -0.15) is 38.1 Å². The Morgan fingerprint density at radius 1 is 0.953 bits per heavy atom. The third-order valence-corrected chi connectivity index (χ3v) is 9.06. The number of piperazine rings is 1. The third-order valence-electron chi connectivity index (χ3n) is 7.75. The molecule has 2 aliphatic heterocycles. The summed E-state index contributed by atoms with van der Waals surface area (Å²) in [6.45, 7) is 2.71. The van der Waals surface area contributed by atoms with Crippen LogP contribution in [0, 0.1) is 12.0 Å². The highest BCUT2D eigenvalue weighted by molar-refractivity contribution is 8.00. The van der Waals surface area contributed by atoms with Crippen LogP contribution in [-0.2, 0) is 18.8 Å². The number of nitrogens with one attached hydrogen (secondary N) is 1. The van der Waals surface area contributed by atoms with E-state index in [0.717, 1.165) is 41.6 Å². The maximum absolute atomic E-state index is 13.7. The van der Waals surface area contributed by atoms with E-state index >= 15 is 0 Å². The van der Waals surface area contributed by atoms with Crippen LogP contribution in [0.4, 0.5) is 26.3 Å². The molecule has 3 aromatic rings. The van der Waals surface area contributed by atoms with Crippen LogP contribution in [0.5, 0.6) is 0 Å². The molecule has 0 saturated carbocycles. The standard InChI is InChI=1S/C32H31F6N3OS/c33-31(34,35)25-16-24(17-26(19-25)32(36,37)38)30(42)41-14-13-40(12-4-3-9-28-20-39-11-15-43-28)21-27(41)18-23-8-5-7-22-6-1-2-10-29(22)23/h1-2,5-8,10,16-17,19,27-28,39H,3,9,11,13-15,18,20-21H2. The second kappa shape index (κ2) is 13.1. The van der Waals surface area contributed by atoms with Crippen molar-refractivity contribution in [3.63, 3.8) is 0 Å². The largest absolute Gasteiger partial charge is 0.416 e. The lowest BCUT2D eigenvalue weighted by Crippen LogP contribution is -2.54. The average Bonchev–Trinajstić information content (AvgIpc) is 2.99. The van der Waals surface area contributed by atoms with Crippen molar-refractivity contribution in [1.29, 1.82) is 0 Å². The lowest BCUT2D eigenvalue weighted by atomic mass is 9.96.